The Balaban J connectivity index is 2.07. The lowest BCUT2D eigenvalue weighted by atomic mass is 9.89. The lowest BCUT2D eigenvalue weighted by Gasteiger charge is -2.46. The van der Waals surface area contributed by atoms with Gasteiger partial charge < -0.3 is 5.73 Å². The highest BCUT2D eigenvalue weighted by Crippen LogP contribution is 2.41. The molecule has 0 saturated heterocycles. The van der Waals surface area contributed by atoms with Crippen LogP contribution in [0.15, 0.2) is 0 Å². The van der Waals surface area contributed by atoms with Crippen LogP contribution in [0.2, 0.25) is 0 Å². The molecule has 0 aromatic carbocycles. The lowest BCUT2D eigenvalue weighted by Crippen LogP contribution is -2.56. The molecule has 2 N–H and O–H groups in total. The van der Waals surface area contributed by atoms with Gasteiger partial charge in [0, 0.05) is 24.7 Å². The minimum Gasteiger partial charge on any atom is -0.329 e. The van der Waals surface area contributed by atoms with E-state index in [-0.39, 0.29) is 5.54 Å². The summed E-state index contributed by atoms with van der Waals surface area (Å²) in [4.78, 5) is 2.79. The third kappa shape index (κ3) is 3.48. The van der Waals surface area contributed by atoms with Crippen LogP contribution in [0.3, 0.4) is 0 Å². The normalized spacial score (nSPS) is 25.0. The first kappa shape index (κ1) is 14.3. The molecule has 0 bridgehead atoms. The van der Waals surface area contributed by atoms with Gasteiger partial charge in [-0.1, -0.05) is 39.5 Å². The minimum absolute atomic E-state index is 0.250. The monoisotopic (exact) mass is 252 g/mol. The molecule has 1 unspecified atom stereocenters. The lowest BCUT2D eigenvalue weighted by molar-refractivity contribution is 0.0401. The van der Waals surface area contributed by atoms with Gasteiger partial charge >= 0.3 is 0 Å². The van der Waals surface area contributed by atoms with Crippen LogP contribution in [0.4, 0.5) is 0 Å². The zero-order chi connectivity index (χ0) is 13.2. The molecule has 0 aromatic rings. The van der Waals surface area contributed by atoms with Crippen LogP contribution < -0.4 is 5.73 Å². The highest BCUT2D eigenvalue weighted by Gasteiger charge is 2.40. The van der Waals surface area contributed by atoms with Crippen molar-refractivity contribution in [1.29, 1.82) is 0 Å². The fraction of sp³-hybridized carbons (Fsp3) is 1.00. The summed E-state index contributed by atoms with van der Waals surface area (Å²) in [6.07, 6.45) is 9.84. The van der Waals surface area contributed by atoms with Crippen LogP contribution in [0.5, 0.6) is 0 Å². The SMILES string of the molecule is CC(C)CN(C1CCCC1)C(C)(CN)CC1CC1. The molecule has 2 nitrogen and oxygen atoms in total. The summed E-state index contributed by atoms with van der Waals surface area (Å²) in [5.74, 6) is 1.71. The first-order valence-corrected chi connectivity index (χ1v) is 8.02. The largest absolute Gasteiger partial charge is 0.329 e. The molecule has 2 fully saturated rings. The summed E-state index contributed by atoms with van der Waals surface area (Å²) < 4.78 is 0. The van der Waals surface area contributed by atoms with Gasteiger partial charge in [0.25, 0.3) is 0 Å². The number of hydrogen-bond donors (Lipinski definition) is 1. The molecule has 2 saturated carbocycles. The zero-order valence-electron chi connectivity index (χ0n) is 12.6. The van der Waals surface area contributed by atoms with E-state index in [9.17, 15) is 0 Å². The van der Waals surface area contributed by atoms with E-state index in [1.807, 2.05) is 0 Å². The van der Waals surface area contributed by atoms with Gasteiger partial charge in [-0.15, -0.1) is 0 Å². The van der Waals surface area contributed by atoms with Crippen molar-refractivity contribution in [2.75, 3.05) is 13.1 Å². The molecule has 106 valence electrons. The maximum Gasteiger partial charge on any atom is 0.0309 e. The predicted molar refractivity (Wildman–Crippen MR) is 78.6 cm³/mol. The van der Waals surface area contributed by atoms with Crippen molar-refractivity contribution >= 4 is 0 Å². The van der Waals surface area contributed by atoms with Crippen LogP contribution in [-0.2, 0) is 0 Å². The summed E-state index contributed by atoms with van der Waals surface area (Å²) in [5.41, 5.74) is 6.44. The van der Waals surface area contributed by atoms with Crippen LogP contribution in [0.1, 0.15) is 65.7 Å². The fourth-order valence-corrected chi connectivity index (χ4v) is 3.68. The van der Waals surface area contributed by atoms with Gasteiger partial charge in [-0.3, -0.25) is 4.90 Å². The van der Waals surface area contributed by atoms with E-state index in [1.54, 1.807) is 0 Å². The second-order valence-electron chi connectivity index (χ2n) is 7.33. The van der Waals surface area contributed by atoms with Crippen molar-refractivity contribution in [3.8, 4) is 0 Å². The van der Waals surface area contributed by atoms with Gasteiger partial charge in [-0.2, -0.15) is 0 Å². The average Bonchev–Trinajstić information content (AvgIpc) is 2.96. The van der Waals surface area contributed by atoms with E-state index in [4.69, 9.17) is 5.73 Å². The van der Waals surface area contributed by atoms with Crippen molar-refractivity contribution in [1.82, 2.24) is 4.90 Å². The highest BCUT2D eigenvalue weighted by atomic mass is 15.2. The fourth-order valence-electron chi connectivity index (χ4n) is 3.68. The minimum atomic E-state index is 0.250. The molecule has 2 rings (SSSR count). The first-order valence-electron chi connectivity index (χ1n) is 8.02. The summed E-state index contributed by atoms with van der Waals surface area (Å²) in [6.45, 7) is 9.16. The smallest absolute Gasteiger partial charge is 0.0309 e. The highest BCUT2D eigenvalue weighted by molar-refractivity contribution is 4.96. The van der Waals surface area contributed by atoms with Crippen molar-refractivity contribution < 1.29 is 0 Å². The van der Waals surface area contributed by atoms with Gasteiger partial charge in [0.2, 0.25) is 0 Å². The maximum absolute atomic E-state index is 6.19. The van der Waals surface area contributed by atoms with Crippen molar-refractivity contribution in [3.05, 3.63) is 0 Å². The number of nitrogens with two attached hydrogens (primary N) is 1. The Hall–Kier alpha value is -0.0800. The molecule has 2 heteroatoms. The molecule has 1 atom stereocenters. The van der Waals surface area contributed by atoms with Crippen molar-refractivity contribution in [2.24, 2.45) is 17.6 Å². The van der Waals surface area contributed by atoms with Crippen LogP contribution in [0, 0.1) is 11.8 Å². The van der Waals surface area contributed by atoms with E-state index in [0.29, 0.717) is 0 Å². The third-order valence-corrected chi connectivity index (χ3v) is 4.89. The van der Waals surface area contributed by atoms with Crippen LogP contribution >= 0.6 is 0 Å². The van der Waals surface area contributed by atoms with Gasteiger partial charge in [0.1, 0.15) is 0 Å². The standard InChI is InChI=1S/C16H32N2/c1-13(2)11-18(15-6-4-5-7-15)16(3,12-17)10-14-8-9-14/h13-15H,4-12,17H2,1-3H3. The summed E-state index contributed by atoms with van der Waals surface area (Å²) in [6, 6.07) is 0.805. The second-order valence-corrected chi connectivity index (χ2v) is 7.33. The summed E-state index contributed by atoms with van der Waals surface area (Å²) in [7, 11) is 0. The van der Waals surface area contributed by atoms with Crippen molar-refractivity contribution in [2.45, 2.75) is 77.3 Å². The molecule has 0 radical (unpaired) electrons. The molecular weight excluding hydrogens is 220 g/mol. The molecule has 0 aliphatic heterocycles. The second kappa shape index (κ2) is 5.92. The predicted octanol–water partition coefficient (Wildman–Crippen LogP) is 3.40. The molecule has 0 spiro atoms. The first-order chi connectivity index (χ1) is 8.55. The van der Waals surface area contributed by atoms with Gasteiger partial charge in [0.15, 0.2) is 0 Å². The summed E-state index contributed by atoms with van der Waals surface area (Å²) >= 11 is 0. The average molecular weight is 252 g/mol. The van der Waals surface area contributed by atoms with Crippen LogP contribution in [0.25, 0.3) is 0 Å². The Labute approximate surface area is 113 Å². The van der Waals surface area contributed by atoms with E-state index < -0.39 is 0 Å². The third-order valence-electron chi connectivity index (χ3n) is 4.89. The van der Waals surface area contributed by atoms with Gasteiger partial charge in [-0.25, -0.2) is 0 Å². The molecule has 0 heterocycles. The van der Waals surface area contributed by atoms with Crippen molar-refractivity contribution in [3.63, 3.8) is 0 Å². The molecule has 0 aromatic heterocycles. The molecule has 0 amide bonds. The molecule has 18 heavy (non-hydrogen) atoms. The van der Waals surface area contributed by atoms with E-state index >= 15 is 0 Å². The summed E-state index contributed by atoms with van der Waals surface area (Å²) in [5, 5.41) is 0. The Bertz CT molecular complexity index is 254. The van der Waals surface area contributed by atoms with E-state index in [0.717, 1.165) is 24.4 Å². The van der Waals surface area contributed by atoms with E-state index in [1.165, 1.54) is 51.5 Å². The quantitative estimate of drug-likeness (QED) is 0.752. The maximum atomic E-state index is 6.19. The Morgan fingerprint density at radius 2 is 1.78 bits per heavy atom. The zero-order valence-corrected chi connectivity index (χ0v) is 12.6. The Morgan fingerprint density at radius 1 is 1.17 bits per heavy atom. The number of hydrogen-bond acceptors (Lipinski definition) is 2. The molecular formula is C16H32N2. The molecule has 2 aliphatic carbocycles. The van der Waals surface area contributed by atoms with E-state index in [2.05, 4.69) is 25.7 Å². The van der Waals surface area contributed by atoms with Gasteiger partial charge in [0.05, 0.1) is 0 Å². The molecule has 2 aliphatic rings. The topological polar surface area (TPSA) is 29.3 Å². The van der Waals surface area contributed by atoms with Gasteiger partial charge in [-0.05, 0) is 38.0 Å². The number of nitrogens with zero attached hydrogens (tertiary/aromatic N) is 1. The Morgan fingerprint density at radius 3 is 2.22 bits per heavy atom. The number of rotatable bonds is 7. The van der Waals surface area contributed by atoms with Crippen LogP contribution in [-0.4, -0.2) is 29.6 Å². The Kier molecular flexibility index (Phi) is 4.71.